The summed E-state index contributed by atoms with van der Waals surface area (Å²) in [5.74, 6) is -0.893. The molecule has 0 heterocycles. The molecule has 0 aliphatic heterocycles. The summed E-state index contributed by atoms with van der Waals surface area (Å²) >= 11 is 0. The fourth-order valence-corrected chi connectivity index (χ4v) is 2.75. The maximum absolute atomic E-state index is 13.2. The molecule has 1 fully saturated rings. The molecule has 2 unspecified atom stereocenters. The van der Waals surface area contributed by atoms with E-state index in [0.717, 1.165) is 38.3 Å². The molecule has 1 saturated carbocycles. The first kappa shape index (κ1) is 15.2. The van der Waals surface area contributed by atoms with Gasteiger partial charge in [-0.15, -0.1) is 0 Å². The van der Waals surface area contributed by atoms with Crippen molar-refractivity contribution in [2.45, 2.75) is 57.6 Å². The molecule has 0 aromatic heterocycles. The Bertz CT molecular complexity index is 405. The molecule has 0 bridgehead atoms. The second-order valence-electron chi connectivity index (χ2n) is 5.46. The van der Waals surface area contributed by atoms with E-state index < -0.39 is 11.6 Å². The molecular weight excluding hydrogens is 260 g/mol. The zero-order valence-corrected chi connectivity index (χ0v) is 12.0. The van der Waals surface area contributed by atoms with Crippen molar-refractivity contribution in [2.75, 3.05) is 6.54 Å². The number of rotatable bonds is 5. The summed E-state index contributed by atoms with van der Waals surface area (Å²) < 4.78 is 32.3. The van der Waals surface area contributed by atoms with Crippen molar-refractivity contribution >= 4 is 0 Å². The maximum atomic E-state index is 13.2. The van der Waals surface area contributed by atoms with E-state index in [0.29, 0.717) is 0 Å². The Labute approximate surface area is 119 Å². The minimum absolute atomic E-state index is 0.00903. The van der Waals surface area contributed by atoms with Crippen molar-refractivity contribution in [2.24, 2.45) is 0 Å². The van der Waals surface area contributed by atoms with E-state index in [2.05, 4.69) is 12.2 Å². The Morgan fingerprint density at radius 2 is 1.80 bits per heavy atom. The predicted molar refractivity (Wildman–Crippen MR) is 75.9 cm³/mol. The van der Waals surface area contributed by atoms with E-state index in [1.807, 2.05) is 0 Å². The fourth-order valence-electron chi connectivity index (χ4n) is 2.75. The number of benzene rings is 1. The smallest absolute Gasteiger partial charge is 0.129 e. The Morgan fingerprint density at radius 1 is 1.10 bits per heavy atom. The normalized spacial score (nSPS) is 23.4. The topological polar surface area (TPSA) is 21.3 Å². The van der Waals surface area contributed by atoms with Crippen molar-refractivity contribution in [3.8, 4) is 5.75 Å². The van der Waals surface area contributed by atoms with Crippen molar-refractivity contribution in [3.63, 3.8) is 0 Å². The molecule has 1 aromatic rings. The second-order valence-corrected chi connectivity index (χ2v) is 5.46. The lowest BCUT2D eigenvalue weighted by molar-refractivity contribution is 0.143. The SMILES string of the molecule is CCCNC1CCCCCC1Oc1cc(F)cc(F)c1. The van der Waals surface area contributed by atoms with Crippen molar-refractivity contribution in [1.82, 2.24) is 5.32 Å². The fraction of sp³-hybridized carbons (Fsp3) is 0.625. The molecular formula is C16H23F2NO. The van der Waals surface area contributed by atoms with Crippen LogP contribution in [0.5, 0.6) is 5.75 Å². The molecule has 2 atom stereocenters. The standard InChI is InChI=1S/C16H23F2NO/c1-2-8-19-15-6-4-3-5-7-16(15)20-14-10-12(17)9-13(18)11-14/h9-11,15-16,19H,2-8H2,1H3. The van der Waals surface area contributed by atoms with Crippen LogP contribution in [-0.2, 0) is 0 Å². The zero-order chi connectivity index (χ0) is 14.4. The summed E-state index contributed by atoms with van der Waals surface area (Å²) in [4.78, 5) is 0. The van der Waals surface area contributed by atoms with Gasteiger partial charge in [-0.2, -0.15) is 0 Å². The molecule has 20 heavy (non-hydrogen) atoms. The molecule has 1 aliphatic carbocycles. The Kier molecular flexibility index (Phi) is 5.77. The average molecular weight is 283 g/mol. The summed E-state index contributed by atoms with van der Waals surface area (Å²) in [7, 11) is 0. The number of halogens is 2. The highest BCUT2D eigenvalue weighted by Gasteiger charge is 2.25. The van der Waals surface area contributed by atoms with Crippen LogP contribution in [0.2, 0.25) is 0 Å². The molecule has 4 heteroatoms. The largest absolute Gasteiger partial charge is 0.489 e. The van der Waals surface area contributed by atoms with Crippen molar-refractivity contribution in [3.05, 3.63) is 29.8 Å². The summed E-state index contributed by atoms with van der Waals surface area (Å²) in [6.07, 6.45) is 6.53. The van der Waals surface area contributed by atoms with E-state index in [1.54, 1.807) is 0 Å². The van der Waals surface area contributed by atoms with Gasteiger partial charge in [-0.1, -0.05) is 19.8 Å². The van der Waals surface area contributed by atoms with Gasteiger partial charge in [0.25, 0.3) is 0 Å². The molecule has 0 amide bonds. The van der Waals surface area contributed by atoms with Crippen LogP contribution in [0.25, 0.3) is 0 Å². The van der Waals surface area contributed by atoms with Crippen LogP contribution in [0.3, 0.4) is 0 Å². The molecule has 0 radical (unpaired) electrons. The van der Waals surface area contributed by atoms with E-state index in [9.17, 15) is 8.78 Å². The molecule has 2 nitrogen and oxygen atoms in total. The van der Waals surface area contributed by atoms with Gasteiger partial charge in [-0.05, 0) is 32.2 Å². The number of hydrogen-bond acceptors (Lipinski definition) is 2. The van der Waals surface area contributed by atoms with Gasteiger partial charge in [0.2, 0.25) is 0 Å². The van der Waals surface area contributed by atoms with Gasteiger partial charge in [-0.25, -0.2) is 8.78 Å². The van der Waals surface area contributed by atoms with Gasteiger partial charge in [0.15, 0.2) is 0 Å². The monoisotopic (exact) mass is 283 g/mol. The average Bonchev–Trinajstić information content (AvgIpc) is 2.60. The van der Waals surface area contributed by atoms with Gasteiger partial charge in [0, 0.05) is 24.2 Å². The number of ether oxygens (including phenoxy) is 1. The maximum Gasteiger partial charge on any atom is 0.129 e. The summed E-state index contributed by atoms with van der Waals surface area (Å²) in [5.41, 5.74) is 0. The third-order valence-corrected chi connectivity index (χ3v) is 3.73. The van der Waals surface area contributed by atoms with E-state index in [4.69, 9.17) is 4.74 Å². The Balaban J connectivity index is 2.05. The summed E-state index contributed by atoms with van der Waals surface area (Å²) in [6.45, 7) is 3.07. The van der Waals surface area contributed by atoms with Crippen molar-refractivity contribution in [1.29, 1.82) is 0 Å². The van der Waals surface area contributed by atoms with Crippen LogP contribution < -0.4 is 10.1 Å². The quantitative estimate of drug-likeness (QED) is 0.823. The molecule has 0 spiro atoms. The minimum Gasteiger partial charge on any atom is -0.489 e. The van der Waals surface area contributed by atoms with Crippen LogP contribution in [0.15, 0.2) is 18.2 Å². The predicted octanol–water partition coefficient (Wildman–Crippen LogP) is 4.04. The molecule has 0 saturated heterocycles. The Morgan fingerprint density at radius 3 is 2.50 bits per heavy atom. The van der Waals surface area contributed by atoms with Crippen LogP contribution in [0.4, 0.5) is 8.78 Å². The lowest BCUT2D eigenvalue weighted by Crippen LogP contribution is -2.42. The first-order chi connectivity index (χ1) is 9.69. The third-order valence-electron chi connectivity index (χ3n) is 3.73. The molecule has 2 rings (SSSR count). The molecule has 112 valence electrons. The van der Waals surface area contributed by atoms with Crippen LogP contribution in [0, 0.1) is 11.6 Å². The lowest BCUT2D eigenvalue weighted by atomic mass is 10.1. The zero-order valence-electron chi connectivity index (χ0n) is 12.0. The van der Waals surface area contributed by atoms with Gasteiger partial charge < -0.3 is 10.1 Å². The second kappa shape index (κ2) is 7.58. The van der Waals surface area contributed by atoms with Gasteiger partial charge >= 0.3 is 0 Å². The molecule has 1 aromatic carbocycles. The van der Waals surface area contributed by atoms with Gasteiger partial charge in [-0.3, -0.25) is 0 Å². The first-order valence-electron chi connectivity index (χ1n) is 7.55. The highest BCUT2D eigenvalue weighted by molar-refractivity contribution is 5.24. The lowest BCUT2D eigenvalue weighted by Gasteiger charge is -2.27. The van der Waals surface area contributed by atoms with Crippen LogP contribution >= 0.6 is 0 Å². The van der Waals surface area contributed by atoms with E-state index >= 15 is 0 Å². The van der Waals surface area contributed by atoms with Gasteiger partial charge in [0.05, 0.1) is 0 Å². The minimum atomic E-state index is -0.591. The number of nitrogens with one attached hydrogen (secondary N) is 1. The third kappa shape index (κ3) is 4.44. The van der Waals surface area contributed by atoms with E-state index in [1.165, 1.54) is 25.0 Å². The first-order valence-corrected chi connectivity index (χ1v) is 7.55. The van der Waals surface area contributed by atoms with Gasteiger partial charge in [0.1, 0.15) is 23.5 Å². The van der Waals surface area contributed by atoms with Crippen molar-refractivity contribution < 1.29 is 13.5 Å². The highest BCUT2D eigenvalue weighted by Crippen LogP contribution is 2.24. The Hall–Kier alpha value is -1.16. The van der Waals surface area contributed by atoms with Crippen LogP contribution in [-0.4, -0.2) is 18.7 Å². The molecule has 1 aliphatic rings. The summed E-state index contributed by atoms with van der Waals surface area (Å²) in [5, 5.41) is 3.50. The van der Waals surface area contributed by atoms with Crippen LogP contribution in [0.1, 0.15) is 45.4 Å². The number of hydrogen-bond donors (Lipinski definition) is 1. The van der Waals surface area contributed by atoms with E-state index in [-0.39, 0.29) is 17.9 Å². The highest BCUT2D eigenvalue weighted by atomic mass is 19.1. The summed E-state index contributed by atoms with van der Waals surface area (Å²) in [6, 6.07) is 3.64. The molecule has 1 N–H and O–H groups in total.